The Morgan fingerprint density at radius 1 is 1.37 bits per heavy atom. The largest absolute Gasteiger partial charge is 0.399 e. The fraction of sp³-hybridized carbons (Fsp3) is 0.308. The van der Waals surface area contributed by atoms with Gasteiger partial charge in [0, 0.05) is 18.9 Å². The van der Waals surface area contributed by atoms with Crippen molar-refractivity contribution in [2.45, 2.75) is 18.2 Å². The number of aromatic nitrogens is 2. The highest BCUT2D eigenvalue weighted by molar-refractivity contribution is 7.91. The Morgan fingerprint density at radius 3 is 2.74 bits per heavy atom. The summed E-state index contributed by atoms with van der Waals surface area (Å²) in [6.45, 7) is 1.77. The van der Waals surface area contributed by atoms with Crippen molar-refractivity contribution in [3.05, 3.63) is 41.7 Å². The molecular formula is C13H17N3O2S. The van der Waals surface area contributed by atoms with E-state index < -0.39 is 9.84 Å². The van der Waals surface area contributed by atoms with Crippen LogP contribution in [0.5, 0.6) is 0 Å². The zero-order chi connectivity index (χ0) is 14.0. The lowest BCUT2D eigenvalue weighted by Crippen LogP contribution is -2.11. The summed E-state index contributed by atoms with van der Waals surface area (Å²) in [5.41, 5.74) is 7.75. The molecule has 2 rings (SSSR count). The molecule has 6 heteroatoms. The third kappa shape index (κ3) is 3.14. The first-order chi connectivity index (χ1) is 8.88. The molecule has 0 atom stereocenters. The van der Waals surface area contributed by atoms with Crippen molar-refractivity contribution in [2.75, 3.05) is 11.5 Å². The van der Waals surface area contributed by atoms with E-state index in [1.54, 1.807) is 37.0 Å². The standard InChI is InChI=1S/C13H17N3O2S/c1-10-3-4-12(14)7-13(10)19(17,18)6-5-11-8-15-16(2)9-11/h3-4,7-9H,5-6,14H2,1-2H3. The number of nitrogen functional groups attached to an aromatic ring is 1. The summed E-state index contributed by atoms with van der Waals surface area (Å²) in [6.07, 6.45) is 3.95. The maximum atomic E-state index is 12.3. The number of aryl methyl sites for hydroxylation is 3. The van der Waals surface area contributed by atoms with Gasteiger partial charge in [-0.1, -0.05) is 6.07 Å². The Bertz CT molecular complexity index is 690. The van der Waals surface area contributed by atoms with Crippen LogP contribution in [-0.4, -0.2) is 24.0 Å². The second kappa shape index (κ2) is 5.05. The molecule has 0 aliphatic heterocycles. The Kier molecular flexibility index (Phi) is 3.61. The number of rotatable bonds is 4. The zero-order valence-electron chi connectivity index (χ0n) is 11.0. The SMILES string of the molecule is Cc1ccc(N)cc1S(=O)(=O)CCc1cnn(C)c1. The maximum absolute atomic E-state index is 12.3. The van der Waals surface area contributed by atoms with Gasteiger partial charge < -0.3 is 5.73 Å². The number of anilines is 1. The molecule has 0 aliphatic carbocycles. The van der Waals surface area contributed by atoms with E-state index in [1.807, 2.05) is 6.20 Å². The van der Waals surface area contributed by atoms with E-state index in [0.29, 0.717) is 17.0 Å². The van der Waals surface area contributed by atoms with Gasteiger partial charge in [-0.3, -0.25) is 4.68 Å². The van der Waals surface area contributed by atoms with E-state index in [1.165, 1.54) is 6.07 Å². The van der Waals surface area contributed by atoms with Crippen LogP contribution < -0.4 is 5.73 Å². The van der Waals surface area contributed by atoms with Crippen molar-refractivity contribution >= 4 is 15.5 Å². The quantitative estimate of drug-likeness (QED) is 0.856. The number of nitrogens with zero attached hydrogens (tertiary/aromatic N) is 2. The Labute approximate surface area is 113 Å². The van der Waals surface area contributed by atoms with Crippen molar-refractivity contribution < 1.29 is 8.42 Å². The number of hydrogen-bond donors (Lipinski definition) is 1. The summed E-state index contributed by atoms with van der Waals surface area (Å²) in [4.78, 5) is 0.316. The second-order valence-corrected chi connectivity index (χ2v) is 6.69. The normalized spacial score (nSPS) is 11.7. The smallest absolute Gasteiger partial charge is 0.179 e. The van der Waals surface area contributed by atoms with Crippen molar-refractivity contribution in [1.29, 1.82) is 0 Å². The first-order valence-corrected chi connectivity index (χ1v) is 7.60. The molecule has 2 N–H and O–H groups in total. The molecule has 0 saturated carbocycles. The Morgan fingerprint density at radius 2 is 2.11 bits per heavy atom. The van der Waals surface area contributed by atoms with Gasteiger partial charge in [0.15, 0.2) is 9.84 Å². The minimum atomic E-state index is -3.32. The summed E-state index contributed by atoms with van der Waals surface area (Å²) in [5.74, 6) is 0.0585. The number of nitrogens with two attached hydrogens (primary N) is 1. The van der Waals surface area contributed by atoms with Crippen LogP contribution in [0.4, 0.5) is 5.69 Å². The Hall–Kier alpha value is -1.82. The zero-order valence-corrected chi connectivity index (χ0v) is 11.8. The molecule has 19 heavy (non-hydrogen) atoms. The number of benzene rings is 1. The van der Waals surface area contributed by atoms with Crippen molar-refractivity contribution in [3.8, 4) is 0 Å². The fourth-order valence-corrected chi connectivity index (χ4v) is 3.51. The molecule has 5 nitrogen and oxygen atoms in total. The first kappa shape index (κ1) is 13.6. The van der Waals surface area contributed by atoms with E-state index in [2.05, 4.69) is 5.10 Å². The number of sulfone groups is 1. The summed E-state index contributed by atoms with van der Waals surface area (Å²) in [5, 5.41) is 4.02. The molecule has 1 heterocycles. The van der Waals surface area contributed by atoms with Crippen molar-refractivity contribution in [2.24, 2.45) is 7.05 Å². The molecule has 0 aliphatic rings. The molecule has 0 unspecified atom stereocenters. The summed E-state index contributed by atoms with van der Waals surface area (Å²) >= 11 is 0. The average Bonchev–Trinajstić information content (AvgIpc) is 2.76. The predicted octanol–water partition coefficient (Wildman–Crippen LogP) is 1.33. The van der Waals surface area contributed by atoms with Crippen LogP contribution >= 0.6 is 0 Å². The third-order valence-corrected chi connectivity index (χ3v) is 4.82. The van der Waals surface area contributed by atoms with Gasteiger partial charge >= 0.3 is 0 Å². The predicted molar refractivity (Wildman–Crippen MR) is 74.6 cm³/mol. The topological polar surface area (TPSA) is 78.0 Å². The molecule has 2 aromatic rings. The van der Waals surface area contributed by atoms with Gasteiger partial charge in [-0.15, -0.1) is 0 Å². The van der Waals surface area contributed by atoms with Crippen LogP contribution in [0.3, 0.4) is 0 Å². The van der Waals surface area contributed by atoms with Crippen LogP contribution in [0.25, 0.3) is 0 Å². The van der Waals surface area contributed by atoms with Gasteiger partial charge in [-0.25, -0.2) is 8.42 Å². The van der Waals surface area contributed by atoms with Crippen LogP contribution in [-0.2, 0) is 23.3 Å². The van der Waals surface area contributed by atoms with E-state index in [4.69, 9.17) is 5.73 Å². The fourth-order valence-electron chi connectivity index (χ4n) is 1.91. The minimum Gasteiger partial charge on any atom is -0.399 e. The highest BCUT2D eigenvalue weighted by Crippen LogP contribution is 2.20. The molecule has 0 spiro atoms. The molecule has 102 valence electrons. The lowest BCUT2D eigenvalue weighted by Gasteiger charge is -2.08. The molecule has 0 amide bonds. The van der Waals surface area contributed by atoms with E-state index in [9.17, 15) is 8.42 Å². The van der Waals surface area contributed by atoms with Gasteiger partial charge in [0.2, 0.25) is 0 Å². The van der Waals surface area contributed by atoms with Gasteiger partial charge in [-0.05, 0) is 36.6 Å². The van der Waals surface area contributed by atoms with Crippen molar-refractivity contribution in [3.63, 3.8) is 0 Å². The minimum absolute atomic E-state index is 0.0585. The highest BCUT2D eigenvalue weighted by Gasteiger charge is 2.17. The monoisotopic (exact) mass is 279 g/mol. The molecule has 1 aromatic carbocycles. The van der Waals surface area contributed by atoms with Gasteiger partial charge in [0.05, 0.1) is 16.8 Å². The molecule has 1 aromatic heterocycles. The molecule has 0 radical (unpaired) electrons. The lowest BCUT2D eigenvalue weighted by atomic mass is 10.2. The van der Waals surface area contributed by atoms with Crippen molar-refractivity contribution in [1.82, 2.24) is 9.78 Å². The van der Waals surface area contributed by atoms with E-state index in [0.717, 1.165) is 11.1 Å². The molecule has 0 saturated heterocycles. The highest BCUT2D eigenvalue weighted by atomic mass is 32.2. The lowest BCUT2D eigenvalue weighted by molar-refractivity contribution is 0.594. The summed E-state index contributed by atoms with van der Waals surface area (Å²) in [7, 11) is -1.51. The van der Waals surface area contributed by atoms with Crippen LogP contribution in [0.2, 0.25) is 0 Å². The maximum Gasteiger partial charge on any atom is 0.179 e. The summed E-state index contributed by atoms with van der Waals surface area (Å²) < 4.78 is 26.3. The molecular weight excluding hydrogens is 262 g/mol. The number of hydrogen-bond acceptors (Lipinski definition) is 4. The Balaban J connectivity index is 2.20. The van der Waals surface area contributed by atoms with Gasteiger partial charge in [0.25, 0.3) is 0 Å². The average molecular weight is 279 g/mol. The summed E-state index contributed by atoms with van der Waals surface area (Å²) in [6, 6.07) is 4.95. The van der Waals surface area contributed by atoms with Gasteiger partial charge in [-0.2, -0.15) is 5.10 Å². The van der Waals surface area contributed by atoms with E-state index >= 15 is 0 Å². The van der Waals surface area contributed by atoms with Crippen LogP contribution in [0.1, 0.15) is 11.1 Å². The first-order valence-electron chi connectivity index (χ1n) is 5.95. The molecule has 0 bridgehead atoms. The molecule has 0 fully saturated rings. The second-order valence-electron chi connectivity index (χ2n) is 4.62. The van der Waals surface area contributed by atoms with Crippen LogP contribution in [0.15, 0.2) is 35.5 Å². The van der Waals surface area contributed by atoms with Crippen LogP contribution in [0, 0.1) is 6.92 Å². The van der Waals surface area contributed by atoms with Gasteiger partial charge in [0.1, 0.15) is 0 Å². The third-order valence-electron chi connectivity index (χ3n) is 2.97. The van der Waals surface area contributed by atoms with E-state index in [-0.39, 0.29) is 5.75 Å².